The van der Waals surface area contributed by atoms with Crippen molar-refractivity contribution in [3.63, 3.8) is 0 Å². The van der Waals surface area contributed by atoms with Crippen molar-refractivity contribution in [3.05, 3.63) is 53.9 Å². The van der Waals surface area contributed by atoms with Crippen molar-refractivity contribution in [2.45, 2.75) is 20.0 Å². The van der Waals surface area contributed by atoms with Gasteiger partial charge in [0.15, 0.2) is 0 Å². The number of aliphatic hydroxyl groups is 1. The summed E-state index contributed by atoms with van der Waals surface area (Å²) in [6.45, 7) is 3.78. The van der Waals surface area contributed by atoms with Gasteiger partial charge >= 0.3 is 0 Å². The van der Waals surface area contributed by atoms with Crippen LogP contribution in [0.15, 0.2) is 42.6 Å². The largest absolute Gasteiger partial charge is 0.497 e. The number of aryl methyl sites for hydroxylation is 1. The smallest absolute Gasteiger partial charge is 0.140 e. The number of methoxy groups -OCH3 is 1. The van der Waals surface area contributed by atoms with Crippen LogP contribution in [0.25, 0.3) is 16.9 Å². The zero-order valence-corrected chi connectivity index (χ0v) is 12.4. The number of aliphatic hydroxyl groups excluding tert-OH is 1. The van der Waals surface area contributed by atoms with Gasteiger partial charge < -0.3 is 14.2 Å². The summed E-state index contributed by atoms with van der Waals surface area (Å²) < 4.78 is 7.14. The number of rotatable bonds is 3. The van der Waals surface area contributed by atoms with E-state index in [1.54, 1.807) is 14.0 Å². The number of hydrogen-bond acceptors (Lipinski definition) is 3. The zero-order chi connectivity index (χ0) is 15.0. The molecule has 1 atom stereocenters. The van der Waals surface area contributed by atoms with Gasteiger partial charge in [0.25, 0.3) is 0 Å². The average molecular weight is 282 g/mol. The molecule has 0 saturated carbocycles. The van der Waals surface area contributed by atoms with Crippen molar-refractivity contribution in [2.75, 3.05) is 7.11 Å². The maximum Gasteiger partial charge on any atom is 0.140 e. The van der Waals surface area contributed by atoms with E-state index in [1.165, 1.54) is 0 Å². The summed E-state index contributed by atoms with van der Waals surface area (Å²) in [6.07, 6.45) is 1.34. The van der Waals surface area contributed by atoms with Crippen molar-refractivity contribution in [1.82, 2.24) is 9.38 Å². The standard InChI is InChI=1S/C17H18N2O2/c1-11-5-4-10-19-16(12(2)20)15(18-17(11)19)13-6-8-14(21-3)9-7-13/h4-10,12,20H,1-3H3. The van der Waals surface area contributed by atoms with Crippen LogP contribution in [0.3, 0.4) is 0 Å². The van der Waals surface area contributed by atoms with E-state index in [0.717, 1.165) is 33.9 Å². The SMILES string of the molecule is COc1ccc(-c2nc3c(C)cccn3c2C(C)O)cc1. The lowest BCUT2D eigenvalue weighted by atomic mass is 10.1. The number of fused-ring (bicyclic) bond motifs is 1. The number of aromatic nitrogens is 2. The zero-order valence-electron chi connectivity index (χ0n) is 12.4. The van der Waals surface area contributed by atoms with Crippen molar-refractivity contribution >= 4 is 5.65 Å². The van der Waals surface area contributed by atoms with Crippen LogP contribution in [0.4, 0.5) is 0 Å². The van der Waals surface area contributed by atoms with Gasteiger partial charge in [0.1, 0.15) is 11.4 Å². The van der Waals surface area contributed by atoms with Crippen LogP contribution < -0.4 is 4.74 Å². The molecule has 0 aliphatic rings. The molecule has 1 unspecified atom stereocenters. The van der Waals surface area contributed by atoms with E-state index >= 15 is 0 Å². The quantitative estimate of drug-likeness (QED) is 0.801. The van der Waals surface area contributed by atoms with Crippen LogP contribution in [0.2, 0.25) is 0 Å². The fourth-order valence-corrected chi connectivity index (χ4v) is 2.58. The van der Waals surface area contributed by atoms with E-state index in [1.807, 2.05) is 53.9 Å². The van der Waals surface area contributed by atoms with E-state index in [9.17, 15) is 5.11 Å². The van der Waals surface area contributed by atoms with Gasteiger partial charge in [0.05, 0.1) is 24.6 Å². The predicted molar refractivity (Wildman–Crippen MR) is 82.6 cm³/mol. The molecule has 0 saturated heterocycles. The molecule has 0 aliphatic carbocycles. The summed E-state index contributed by atoms with van der Waals surface area (Å²) in [5, 5.41) is 10.2. The summed E-state index contributed by atoms with van der Waals surface area (Å²) in [5.74, 6) is 0.803. The molecule has 0 radical (unpaired) electrons. The predicted octanol–water partition coefficient (Wildman–Crippen LogP) is 3.37. The topological polar surface area (TPSA) is 46.8 Å². The van der Waals surface area contributed by atoms with Gasteiger partial charge in [-0.2, -0.15) is 0 Å². The fourth-order valence-electron chi connectivity index (χ4n) is 2.58. The monoisotopic (exact) mass is 282 g/mol. The highest BCUT2D eigenvalue weighted by molar-refractivity contribution is 5.68. The molecule has 0 spiro atoms. The van der Waals surface area contributed by atoms with Gasteiger partial charge in [-0.1, -0.05) is 6.07 Å². The van der Waals surface area contributed by atoms with Crippen molar-refractivity contribution in [3.8, 4) is 17.0 Å². The molecule has 108 valence electrons. The van der Waals surface area contributed by atoms with Crippen LogP contribution in [0, 0.1) is 6.92 Å². The second-order valence-electron chi connectivity index (χ2n) is 5.13. The second kappa shape index (κ2) is 5.22. The second-order valence-corrected chi connectivity index (χ2v) is 5.13. The molecule has 4 heteroatoms. The Bertz CT molecular complexity index is 773. The van der Waals surface area contributed by atoms with Crippen LogP contribution in [0.1, 0.15) is 24.3 Å². The molecular weight excluding hydrogens is 264 g/mol. The fraction of sp³-hybridized carbons (Fsp3) is 0.235. The third kappa shape index (κ3) is 2.28. The van der Waals surface area contributed by atoms with Gasteiger partial charge in [-0.25, -0.2) is 4.98 Å². The molecule has 0 aliphatic heterocycles. The molecule has 2 aromatic heterocycles. The average Bonchev–Trinajstić information content (AvgIpc) is 2.88. The molecule has 1 N–H and O–H groups in total. The molecule has 2 heterocycles. The van der Waals surface area contributed by atoms with Gasteiger partial charge in [-0.3, -0.25) is 0 Å². The van der Waals surface area contributed by atoms with E-state index in [-0.39, 0.29) is 0 Å². The minimum atomic E-state index is -0.598. The van der Waals surface area contributed by atoms with Crippen LogP contribution in [-0.4, -0.2) is 21.6 Å². The Hall–Kier alpha value is -2.33. The van der Waals surface area contributed by atoms with Gasteiger partial charge in [-0.15, -0.1) is 0 Å². The Kier molecular flexibility index (Phi) is 3.39. The van der Waals surface area contributed by atoms with Crippen molar-refractivity contribution in [2.24, 2.45) is 0 Å². The first-order valence-corrected chi connectivity index (χ1v) is 6.92. The molecular formula is C17H18N2O2. The molecule has 0 fully saturated rings. The first-order chi connectivity index (χ1) is 10.1. The Morgan fingerprint density at radius 2 is 1.90 bits per heavy atom. The van der Waals surface area contributed by atoms with Gasteiger partial charge in [0, 0.05) is 11.8 Å². The molecule has 21 heavy (non-hydrogen) atoms. The Balaban J connectivity index is 2.25. The highest BCUT2D eigenvalue weighted by Crippen LogP contribution is 2.30. The van der Waals surface area contributed by atoms with E-state index in [4.69, 9.17) is 9.72 Å². The first-order valence-electron chi connectivity index (χ1n) is 6.92. The Morgan fingerprint density at radius 3 is 2.52 bits per heavy atom. The maximum absolute atomic E-state index is 10.2. The third-order valence-corrected chi connectivity index (χ3v) is 3.64. The van der Waals surface area contributed by atoms with E-state index in [2.05, 4.69) is 0 Å². The molecule has 0 bridgehead atoms. The van der Waals surface area contributed by atoms with Crippen LogP contribution in [0.5, 0.6) is 5.75 Å². The highest BCUT2D eigenvalue weighted by Gasteiger charge is 2.18. The van der Waals surface area contributed by atoms with Crippen LogP contribution >= 0.6 is 0 Å². The molecule has 3 aromatic rings. The van der Waals surface area contributed by atoms with Gasteiger partial charge in [0.2, 0.25) is 0 Å². The number of benzene rings is 1. The Labute approximate surface area is 123 Å². The molecule has 4 nitrogen and oxygen atoms in total. The Morgan fingerprint density at radius 1 is 1.19 bits per heavy atom. The molecule has 3 rings (SSSR count). The number of hydrogen-bond donors (Lipinski definition) is 1. The first kappa shape index (κ1) is 13.6. The van der Waals surface area contributed by atoms with E-state index < -0.39 is 6.10 Å². The minimum Gasteiger partial charge on any atom is -0.497 e. The van der Waals surface area contributed by atoms with Crippen molar-refractivity contribution in [1.29, 1.82) is 0 Å². The lowest BCUT2D eigenvalue weighted by Crippen LogP contribution is -1.99. The number of nitrogens with zero attached hydrogens (tertiary/aromatic N) is 2. The maximum atomic E-state index is 10.2. The normalized spacial score (nSPS) is 12.6. The van der Waals surface area contributed by atoms with Gasteiger partial charge in [-0.05, 0) is 49.7 Å². The number of pyridine rings is 1. The molecule has 1 aromatic carbocycles. The third-order valence-electron chi connectivity index (χ3n) is 3.64. The lowest BCUT2D eigenvalue weighted by Gasteiger charge is -2.08. The summed E-state index contributed by atoms with van der Waals surface area (Å²) >= 11 is 0. The summed E-state index contributed by atoms with van der Waals surface area (Å²) in [5.41, 5.74) is 4.54. The molecule has 0 amide bonds. The van der Waals surface area contributed by atoms with Crippen LogP contribution in [-0.2, 0) is 0 Å². The number of imidazole rings is 1. The van der Waals surface area contributed by atoms with E-state index in [0.29, 0.717) is 0 Å². The highest BCUT2D eigenvalue weighted by atomic mass is 16.5. The summed E-state index contributed by atoms with van der Waals surface area (Å²) in [6, 6.07) is 11.7. The summed E-state index contributed by atoms with van der Waals surface area (Å²) in [4.78, 5) is 4.72. The van der Waals surface area contributed by atoms with Crippen molar-refractivity contribution < 1.29 is 9.84 Å². The lowest BCUT2D eigenvalue weighted by molar-refractivity contribution is 0.194. The minimum absolute atomic E-state index is 0.598. The summed E-state index contributed by atoms with van der Waals surface area (Å²) in [7, 11) is 1.64. The number of ether oxygens (including phenoxy) is 1.